The van der Waals surface area contributed by atoms with Gasteiger partial charge in [-0.15, -0.1) is 0 Å². The Morgan fingerprint density at radius 1 is 0.889 bits per heavy atom. The van der Waals surface area contributed by atoms with Gasteiger partial charge in [0.25, 0.3) is 0 Å². The number of hydrogen-bond acceptors (Lipinski definition) is 5. The molecule has 5 nitrogen and oxygen atoms in total. The van der Waals surface area contributed by atoms with Gasteiger partial charge in [-0.3, -0.25) is 4.98 Å². The lowest BCUT2D eigenvalue weighted by molar-refractivity contribution is 0.461. The Labute approximate surface area is 164 Å². The Bertz CT molecular complexity index is 894. The third-order valence-corrected chi connectivity index (χ3v) is 4.92. The molecule has 4 rings (SSSR count). The molecule has 2 aromatic heterocycles. The van der Waals surface area contributed by atoms with Crippen LogP contribution in [0.25, 0.3) is 11.4 Å². The summed E-state index contributed by atoms with van der Waals surface area (Å²) in [7, 11) is 0. The molecule has 0 saturated heterocycles. The highest BCUT2D eigenvalue weighted by Crippen LogP contribution is 2.26. The van der Waals surface area contributed by atoms with Crippen molar-refractivity contribution in [3.8, 4) is 11.4 Å². The van der Waals surface area contributed by atoms with Crippen LogP contribution in [0.15, 0.2) is 54.7 Å². The van der Waals surface area contributed by atoms with E-state index in [1.807, 2.05) is 48.5 Å². The van der Waals surface area contributed by atoms with Crippen molar-refractivity contribution in [3.05, 3.63) is 59.8 Å². The van der Waals surface area contributed by atoms with Gasteiger partial charge >= 0.3 is 0 Å². The molecule has 1 saturated carbocycles. The maximum absolute atomic E-state index is 6.10. The van der Waals surface area contributed by atoms with Crippen LogP contribution in [0.3, 0.4) is 0 Å². The SMILES string of the molecule is Clc1cccc(Nc2cc(-c3ccccn3)nc(NC3CCCCC3)n2)c1. The highest BCUT2D eigenvalue weighted by molar-refractivity contribution is 6.30. The third kappa shape index (κ3) is 4.74. The minimum atomic E-state index is 0.428. The van der Waals surface area contributed by atoms with Gasteiger partial charge in [0.15, 0.2) is 0 Å². The van der Waals surface area contributed by atoms with Crippen molar-refractivity contribution in [2.24, 2.45) is 0 Å². The zero-order valence-electron chi connectivity index (χ0n) is 15.0. The maximum Gasteiger partial charge on any atom is 0.225 e. The molecule has 1 fully saturated rings. The molecule has 0 bridgehead atoms. The van der Waals surface area contributed by atoms with Crippen LogP contribution in [0.2, 0.25) is 5.02 Å². The molecule has 0 amide bonds. The molecule has 1 aromatic carbocycles. The average molecular weight is 380 g/mol. The molecule has 6 heteroatoms. The summed E-state index contributed by atoms with van der Waals surface area (Å²) in [5.74, 6) is 1.35. The second-order valence-corrected chi connectivity index (χ2v) is 7.23. The van der Waals surface area contributed by atoms with Crippen molar-refractivity contribution >= 4 is 29.1 Å². The van der Waals surface area contributed by atoms with Gasteiger partial charge in [0.05, 0.1) is 11.4 Å². The summed E-state index contributed by atoms with van der Waals surface area (Å²) in [5.41, 5.74) is 2.49. The monoisotopic (exact) mass is 379 g/mol. The van der Waals surface area contributed by atoms with E-state index in [-0.39, 0.29) is 0 Å². The summed E-state index contributed by atoms with van der Waals surface area (Å²) in [6.07, 6.45) is 7.92. The largest absolute Gasteiger partial charge is 0.351 e. The van der Waals surface area contributed by atoms with Crippen molar-refractivity contribution in [2.75, 3.05) is 10.6 Å². The van der Waals surface area contributed by atoms with E-state index in [0.29, 0.717) is 22.8 Å². The normalized spacial score (nSPS) is 14.7. The second-order valence-electron chi connectivity index (χ2n) is 6.79. The van der Waals surface area contributed by atoms with Gasteiger partial charge < -0.3 is 10.6 Å². The molecule has 2 heterocycles. The van der Waals surface area contributed by atoms with E-state index in [0.717, 1.165) is 29.9 Å². The standard InChI is InChI=1S/C21H22ClN5/c22-15-7-6-10-17(13-15)24-20-14-19(18-11-4-5-12-23-18)26-21(27-20)25-16-8-2-1-3-9-16/h4-7,10-14,16H,1-3,8-9H2,(H2,24,25,26,27). The summed E-state index contributed by atoms with van der Waals surface area (Å²) in [5, 5.41) is 7.52. The number of nitrogens with one attached hydrogen (secondary N) is 2. The van der Waals surface area contributed by atoms with Crippen LogP contribution < -0.4 is 10.6 Å². The molecular formula is C21H22ClN5. The number of nitrogens with zero attached hydrogens (tertiary/aromatic N) is 3. The van der Waals surface area contributed by atoms with Crippen LogP contribution >= 0.6 is 11.6 Å². The number of rotatable bonds is 5. The predicted octanol–water partition coefficient (Wildman–Crippen LogP) is 5.68. The Morgan fingerprint density at radius 2 is 1.78 bits per heavy atom. The van der Waals surface area contributed by atoms with Gasteiger partial charge in [-0.05, 0) is 43.2 Å². The first kappa shape index (κ1) is 17.7. The Hall–Kier alpha value is -2.66. The lowest BCUT2D eigenvalue weighted by Gasteiger charge is -2.23. The van der Waals surface area contributed by atoms with E-state index in [1.165, 1.54) is 19.3 Å². The molecule has 0 spiro atoms. The minimum Gasteiger partial charge on any atom is -0.351 e. The first-order valence-electron chi connectivity index (χ1n) is 9.36. The molecule has 1 aliphatic rings. The molecular weight excluding hydrogens is 358 g/mol. The number of aromatic nitrogens is 3. The molecule has 0 aliphatic heterocycles. The number of halogens is 1. The maximum atomic E-state index is 6.10. The van der Waals surface area contributed by atoms with Crippen molar-refractivity contribution in [3.63, 3.8) is 0 Å². The Kier molecular flexibility index (Phi) is 5.49. The third-order valence-electron chi connectivity index (χ3n) is 4.69. The quantitative estimate of drug-likeness (QED) is 0.597. The fourth-order valence-corrected chi connectivity index (χ4v) is 3.56. The summed E-state index contributed by atoms with van der Waals surface area (Å²) >= 11 is 6.10. The predicted molar refractivity (Wildman–Crippen MR) is 110 cm³/mol. The van der Waals surface area contributed by atoms with Crippen LogP contribution in [0, 0.1) is 0 Å². The number of hydrogen-bond donors (Lipinski definition) is 2. The lowest BCUT2D eigenvalue weighted by Crippen LogP contribution is -2.23. The summed E-state index contributed by atoms with van der Waals surface area (Å²) in [6.45, 7) is 0. The molecule has 138 valence electrons. The molecule has 2 N–H and O–H groups in total. The fraction of sp³-hybridized carbons (Fsp3) is 0.286. The van der Waals surface area contributed by atoms with Crippen LogP contribution in [-0.2, 0) is 0 Å². The van der Waals surface area contributed by atoms with E-state index in [9.17, 15) is 0 Å². The van der Waals surface area contributed by atoms with Crippen molar-refractivity contribution in [1.82, 2.24) is 15.0 Å². The van der Waals surface area contributed by atoms with Crippen molar-refractivity contribution in [1.29, 1.82) is 0 Å². The zero-order valence-corrected chi connectivity index (χ0v) is 15.8. The topological polar surface area (TPSA) is 62.7 Å². The molecule has 0 unspecified atom stereocenters. The summed E-state index contributed by atoms with van der Waals surface area (Å²) in [6, 6.07) is 15.7. The van der Waals surface area contributed by atoms with Crippen LogP contribution in [0.4, 0.5) is 17.5 Å². The van der Waals surface area contributed by atoms with Crippen LogP contribution in [0.1, 0.15) is 32.1 Å². The van der Waals surface area contributed by atoms with E-state index < -0.39 is 0 Å². The number of benzene rings is 1. The Balaban J connectivity index is 1.65. The number of pyridine rings is 1. The Morgan fingerprint density at radius 3 is 2.56 bits per heavy atom. The average Bonchev–Trinajstić information content (AvgIpc) is 2.69. The van der Waals surface area contributed by atoms with E-state index >= 15 is 0 Å². The van der Waals surface area contributed by atoms with Gasteiger partial charge in [-0.25, -0.2) is 4.98 Å². The van der Waals surface area contributed by atoms with Gasteiger partial charge in [-0.1, -0.05) is 43.0 Å². The van der Waals surface area contributed by atoms with Gasteiger partial charge in [0.1, 0.15) is 5.82 Å². The van der Waals surface area contributed by atoms with Gasteiger partial charge in [-0.2, -0.15) is 4.98 Å². The fourth-order valence-electron chi connectivity index (χ4n) is 3.36. The second kappa shape index (κ2) is 8.35. The highest BCUT2D eigenvalue weighted by atomic mass is 35.5. The van der Waals surface area contributed by atoms with Gasteiger partial charge in [0, 0.05) is 29.0 Å². The van der Waals surface area contributed by atoms with Gasteiger partial charge in [0.2, 0.25) is 5.95 Å². The molecule has 27 heavy (non-hydrogen) atoms. The van der Waals surface area contributed by atoms with E-state index in [1.54, 1.807) is 6.20 Å². The highest BCUT2D eigenvalue weighted by Gasteiger charge is 2.16. The number of anilines is 3. The first-order valence-corrected chi connectivity index (χ1v) is 9.74. The summed E-state index contributed by atoms with van der Waals surface area (Å²) in [4.78, 5) is 13.8. The summed E-state index contributed by atoms with van der Waals surface area (Å²) < 4.78 is 0. The minimum absolute atomic E-state index is 0.428. The zero-order chi connectivity index (χ0) is 18.5. The smallest absolute Gasteiger partial charge is 0.225 e. The molecule has 0 atom stereocenters. The van der Waals surface area contributed by atoms with Crippen molar-refractivity contribution < 1.29 is 0 Å². The van der Waals surface area contributed by atoms with E-state index in [4.69, 9.17) is 16.6 Å². The van der Waals surface area contributed by atoms with Crippen LogP contribution in [-0.4, -0.2) is 21.0 Å². The van der Waals surface area contributed by atoms with E-state index in [2.05, 4.69) is 20.6 Å². The first-order chi connectivity index (χ1) is 13.3. The lowest BCUT2D eigenvalue weighted by atomic mass is 9.96. The van der Waals surface area contributed by atoms with Crippen LogP contribution in [0.5, 0.6) is 0 Å². The molecule has 0 radical (unpaired) electrons. The van der Waals surface area contributed by atoms with Crippen molar-refractivity contribution in [2.45, 2.75) is 38.1 Å². The molecule has 1 aliphatic carbocycles. The molecule has 3 aromatic rings.